The van der Waals surface area contributed by atoms with E-state index in [1.165, 1.54) is 6.92 Å². The summed E-state index contributed by atoms with van der Waals surface area (Å²) in [7, 11) is 0. The molecule has 2 atom stereocenters. The molecule has 0 aliphatic heterocycles. The molecule has 3 N–H and O–H groups in total. The van der Waals surface area contributed by atoms with Gasteiger partial charge in [0.25, 0.3) is 5.91 Å². The standard InChI is InChI=1S/C20H21Cl2FN2O3/c1-12(26)24-11-13-3-2-4-16(9-13)14-5-7-15(8-6-14)18(27)17(10-23)25-20(28)19(21)22/h2-9,17-19,27H,10-11H2,1H3,(H,24,26)(H,25,28). The van der Waals surface area contributed by atoms with E-state index in [9.17, 15) is 19.1 Å². The fourth-order valence-electron chi connectivity index (χ4n) is 2.64. The third-order valence-corrected chi connectivity index (χ3v) is 4.52. The summed E-state index contributed by atoms with van der Waals surface area (Å²) in [5.41, 5.74) is 3.23. The van der Waals surface area contributed by atoms with E-state index in [-0.39, 0.29) is 5.91 Å². The SMILES string of the molecule is CC(=O)NCc1cccc(-c2ccc(C(O)C(CF)NC(=O)C(Cl)Cl)cc2)c1. The summed E-state index contributed by atoms with van der Waals surface area (Å²) in [6.07, 6.45) is -1.25. The monoisotopic (exact) mass is 426 g/mol. The summed E-state index contributed by atoms with van der Waals surface area (Å²) in [5.74, 6) is -0.870. The molecule has 2 aromatic rings. The number of alkyl halides is 3. The molecule has 0 radical (unpaired) electrons. The van der Waals surface area contributed by atoms with Crippen molar-refractivity contribution >= 4 is 35.0 Å². The summed E-state index contributed by atoms with van der Waals surface area (Å²) in [6.45, 7) is 0.918. The molecule has 2 aromatic carbocycles. The number of benzene rings is 2. The quantitative estimate of drug-likeness (QED) is 0.566. The zero-order chi connectivity index (χ0) is 20.7. The second-order valence-corrected chi connectivity index (χ2v) is 7.34. The van der Waals surface area contributed by atoms with Crippen LogP contribution in [-0.2, 0) is 16.1 Å². The van der Waals surface area contributed by atoms with Gasteiger partial charge in [-0.05, 0) is 28.3 Å². The van der Waals surface area contributed by atoms with Crippen LogP contribution in [0.15, 0.2) is 48.5 Å². The van der Waals surface area contributed by atoms with Gasteiger partial charge < -0.3 is 15.7 Å². The Bertz CT molecular complexity index is 815. The lowest BCUT2D eigenvalue weighted by Crippen LogP contribution is -2.43. The van der Waals surface area contributed by atoms with Gasteiger partial charge in [-0.15, -0.1) is 0 Å². The van der Waals surface area contributed by atoms with Gasteiger partial charge in [0, 0.05) is 13.5 Å². The number of amides is 2. The fraction of sp³-hybridized carbons (Fsp3) is 0.300. The Kier molecular flexibility index (Phi) is 8.23. The van der Waals surface area contributed by atoms with Crippen LogP contribution in [0.2, 0.25) is 0 Å². The molecule has 2 amide bonds. The predicted molar refractivity (Wildman–Crippen MR) is 108 cm³/mol. The summed E-state index contributed by atoms with van der Waals surface area (Å²) in [5, 5.41) is 15.4. The van der Waals surface area contributed by atoms with Gasteiger partial charge in [0.1, 0.15) is 12.8 Å². The van der Waals surface area contributed by atoms with Crippen LogP contribution >= 0.6 is 23.2 Å². The normalized spacial score (nSPS) is 13.1. The topological polar surface area (TPSA) is 78.4 Å². The summed E-state index contributed by atoms with van der Waals surface area (Å²) >= 11 is 10.9. The van der Waals surface area contributed by atoms with E-state index >= 15 is 0 Å². The first-order valence-electron chi connectivity index (χ1n) is 8.58. The second-order valence-electron chi connectivity index (χ2n) is 6.25. The molecule has 2 unspecified atom stereocenters. The molecular weight excluding hydrogens is 406 g/mol. The van der Waals surface area contributed by atoms with Crippen molar-refractivity contribution < 1.29 is 19.1 Å². The Morgan fingerprint density at radius 1 is 1.11 bits per heavy atom. The molecule has 0 saturated carbocycles. The number of hydrogen-bond donors (Lipinski definition) is 3. The molecule has 150 valence electrons. The molecule has 5 nitrogen and oxygen atoms in total. The van der Waals surface area contributed by atoms with E-state index in [2.05, 4.69) is 10.6 Å². The maximum absolute atomic E-state index is 13.2. The number of halogens is 3. The maximum atomic E-state index is 13.2. The van der Waals surface area contributed by atoms with E-state index in [1.807, 2.05) is 24.3 Å². The van der Waals surface area contributed by atoms with Crippen LogP contribution < -0.4 is 10.6 Å². The highest BCUT2D eigenvalue weighted by Crippen LogP contribution is 2.25. The number of rotatable bonds is 8. The molecule has 0 aliphatic rings. The van der Waals surface area contributed by atoms with Gasteiger partial charge in [-0.25, -0.2) is 4.39 Å². The van der Waals surface area contributed by atoms with E-state index in [4.69, 9.17) is 23.2 Å². The first kappa shape index (κ1) is 22.1. The Balaban J connectivity index is 2.13. The lowest BCUT2D eigenvalue weighted by Gasteiger charge is -2.22. The minimum atomic E-state index is -1.34. The second kappa shape index (κ2) is 10.4. The van der Waals surface area contributed by atoms with Gasteiger partial charge in [-0.1, -0.05) is 65.7 Å². The van der Waals surface area contributed by atoms with Crippen LogP contribution in [0.4, 0.5) is 4.39 Å². The molecule has 28 heavy (non-hydrogen) atoms. The molecule has 2 rings (SSSR count). The van der Waals surface area contributed by atoms with Gasteiger partial charge in [0.05, 0.1) is 6.04 Å². The Morgan fingerprint density at radius 3 is 2.36 bits per heavy atom. The Morgan fingerprint density at radius 2 is 1.79 bits per heavy atom. The molecule has 0 saturated heterocycles. The summed E-state index contributed by atoms with van der Waals surface area (Å²) in [6, 6.07) is 13.4. The van der Waals surface area contributed by atoms with Gasteiger partial charge in [-0.3, -0.25) is 9.59 Å². The number of carbonyl (C=O) groups is 2. The lowest BCUT2D eigenvalue weighted by molar-refractivity contribution is -0.121. The van der Waals surface area contributed by atoms with Gasteiger partial charge in [-0.2, -0.15) is 0 Å². The molecule has 8 heteroatoms. The van der Waals surface area contributed by atoms with Crippen LogP contribution in [0, 0.1) is 0 Å². The third-order valence-electron chi connectivity index (χ3n) is 4.13. The number of carbonyl (C=O) groups excluding carboxylic acids is 2. The highest BCUT2D eigenvalue weighted by atomic mass is 35.5. The van der Waals surface area contributed by atoms with Crippen LogP contribution in [0.1, 0.15) is 24.2 Å². The van der Waals surface area contributed by atoms with Crippen molar-refractivity contribution in [1.82, 2.24) is 10.6 Å². The summed E-state index contributed by atoms with van der Waals surface area (Å²) in [4.78, 5) is 21.3. The van der Waals surface area contributed by atoms with Crippen LogP contribution in [0.3, 0.4) is 0 Å². The van der Waals surface area contributed by atoms with Crippen molar-refractivity contribution in [3.8, 4) is 11.1 Å². The van der Waals surface area contributed by atoms with Crippen LogP contribution in [0.25, 0.3) is 11.1 Å². The maximum Gasteiger partial charge on any atom is 0.253 e. The van der Waals surface area contributed by atoms with E-state index < -0.39 is 29.6 Å². The molecule has 0 aliphatic carbocycles. The molecule has 0 spiro atoms. The zero-order valence-corrected chi connectivity index (χ0v) is 16.7. The number of nitrogens with one attached hydrogen (secondary N) is 2. The third kappa shape index (κ3) is 6.19. The van der Waals surface area contributed by atoms with E-state index in [0.29, 0.717) is 12.1 Å². The van der Waals surface area contributed by atoms with E-state index in [1.54, 1.807) is 24.3 Å². The van der Waals surface area contributed by atoms with Crippen LogP contribution in [-0.4, -0.2) is 34.5 Å². The minimum absolute atomic E-state index is 0.104. The van der Waals surface area contributed by atoms with Gasteiger partial charge >= 0.3 is 0 Å². The van der Waals surface area contributed by atoms with Crippen molar-refractivity contribution in [3.05, 3.63) is 59.7 Å². The lowest BCUT2D eigenvalue weighted by atomic mass is 9.98. The molecule has 0 aromatic heterocycles. The van der Waals surface area contributed by atoms with Crippen molar-refractivity contribution in [2.24, 2.45) is 0 Å². The number of hydrogen-bond acceptors (Lipinski definition) is 3. The molecule has 0 bridgehead atoms. The van der Waals surface area contributed by atoms with Crippen molar-refractivity contribution in [2.75, 3.05) is 6.67 Å². The fourth-order valence-corrected chi connectivity index (χ4v) is 2.77. The number of aliphatic hydroxyl groups excluding tert-OH is 1. The van der Waals surface area contributed by atoms with Crippen molar-refractivity contribution in [1.29, 1.82) is 0 Å². The highest BCUT2D eigenvalue weighted by molar-refractivity contribution is 6.53. The van der Waals surface area contributed by atoms with Gasteiger partial charge in [0.15, 0.2) is 4.84 Å². The Labute approximate surface area is 172 Å². The van der Waals surface area contributed by atoms with E-state index in [0.717, 1.165) is 16.7 Å². The largest absolute Gasteiger partial charge is 0.386 e. The highest BCUT2D eigenvalue weighted by Gasteiger charge is 2.25. The van der Waals surface area contributed by atoms with Crippen molar-refractivity contribution in [2.45, 2.75) is 30.5 Å². The van der Waals surface area contributed by atoms with Gasteiger partial charge in [0.2, 0.25) is 5.91 Å². The average Bonchev–Trinajstić information content (AvgIpc) is 2.70. The molecule has 0 heterocycles. The first-order chi connectivity index (χ1) is 13.3. The molecule has 0 fully saturated rings. The Hall–Kier alpha value is -2.15. The van der Waals surface area contributed by atoms with Crippen LogP contribution in [0.5, 0.6) is 0 Å². The smallest absolute Gasteiger partial charge is 0.253 e. The number of aliphatic hydroxyl groups is 1. The molecular formula is C20H21Cl2FN2O3. The zero-order valence-electron chi connectivity index (χ0n) is 15.2. The first-order valence-corrected chi connectivity index (χ1v) is 9.45. The summed E-state index contributed by atoms with van der Waals surface area (Å²) < 4.78 is 13.2. The average molecular weight is 427 g/mol. The predicted octanol–water partition coefficient (Wildman–Crippen LogP) is 3.28. The minimum Gasteiger partial charge on any atom is -0.386 e. The van der Waals surface area contributed by atoms with Crippen molar-refractivity contribution in [3.63, 3.8) is 0 Å².